The van der Waals surface area contributed by atoms with Crippen molar-refractivity contribution in [3.63, 3.8) is 0 Å². The van der Waals surface area contributed by atoms with E-state index in [9.17, 15) is 9.59 Å². The van der Waals surface area contributed by atoms with Crippen LogP contribution in [0.25, 0.3) is 0 Å². The fourth-order valence-electron chi connectivity index (χ4n) is 2.20. The number of carbonyl (C=O) groups is 2. The van der Waals surface area contributed by atoms with Gasteiger partial charge in [0.2, 0.25) is 5.91 Å². The monoisotopic (exact) mass is 265 g/mol. The van der Waals surface area contributed by atoms with Crippen molar-refractivity contribution in [2.24, 2.45) is 7.05 Å². The molecule has 0 bridgehead atoms. The Labute approximate surface area is 111 Å². The van der Waals surface area contributed by atoms with Crippen LogP contribution >= 0.6 is 0 Å². The first kappa shape index (κ1) is 13.4. The molecule has 1 aliphatic heterocycles. The van der Waals surface area contributed by atoms with Crippen LogP contribution in [-0.4, -0.2) is 58.1 Å². The van der Waals surface area contributed by atoms with Crippen LogP contribution in [0.5, 0.6) is 0 Å². The van der Waals surface area contributed by atoms with Crippen molar-refractivity contribution in [1.82, 2.24) is 19.6 Å². The number of hydrogen-bond donors (Lipinski definition) is 1. The second kappa shape index (κ2) is 5.29. The van der Waals surface area contributed by atoms with E-state index in [0.717, 1.165) is 25.9 Å². The number of nitrogen functional groups attached to an aromatic ring is 1. The normalized spacial score (nSPS) is 14.7. The number of carbonyl (C=O) groups excluding carboxylic acids is 2. The van der Waals surface area contributed by atoms with Crippen LogP contribution in [0.3, 0.4) is 0 Å². The molecule has 2 N–H and O–H groups in total. The van der Waals surface area contributed by atoms with Gasteiger partial charge >= 0.3 is 0 Å². The summed E-state index contributed by atoms with van der Waals surface area (Å²) in [5.74, 6) is -0.353. The Balaban J connectivity index is 1.99. The van der Waals surface area contributed by atoms with E-state index in [4.69, 9.17) is 5.73 Å². The minimum absolute atomic E-state index is 0.0251. The van der Waals surface area contributed by atoms with E-state index >= 15 is 0 Å². The molecule has 0 unspecified atom stereocenters. The van der Waals surface area contributed by atoms with Gasteiger partial charge in [-0.15, -0.1) is 0 Å². The number of aromatic nitrogens is 2. The van der Waals surface area contributed by atoms with Crippen molar-refractivity contribution >= 4 is 17.5 Å². The molecular weight excluding hydrogens is 246 g/mol. The van der Waals surface area contributed by atoms with Gasteiger partial charge in [0.05, 0.1) is 12.2 Å². The van der Waals surface area contributed by atoms with E-state index in [-0.39, 0.29) is 24.1 Å². The molecule has 0 aromatic carbocycles. The van der Waals surface area contributed by atoms with Crippen molar-refractivity contribution < 1.29 is 9.59 Å². The zero-order valence-electron chi connectivity index (χ0n) is 11.3. The first-order chi connectivity index (χ1) is 8.99. The van der Waals surface area contributed by atoms with Crippen LogP contribution < -0.4 is 5.73 Å². The highest BCUT2D eigenvalue weighted by Gasteiger charge is 2.24. The van der Waals surface area contributed by atoms with Crippen LogP contribution in [0.4, 0.5) is 5.69 Å². The average molecular weight is 265 g/mol. The standard InChI is InChI=1S/C12H19N5O2/c1-15(8-10(18)17-5-3-4-6-17)12(19)11-9(13)7-16(2)14-11/h7H,3-6,8,13H2,1-2H3. The topological polar surface area (TPSA) is 84.5 Å². The van der Waals surface area contributed by atoms with Crippen molar-refractivity contribution in [1.29, 1.82) is 0 Å². The minimum Gasteiger partial charge on any atom is -0.396 e. The molecule has 19 heavy (non-hydrogen) atoms. The van der Waals surface area contributed by atoms with E-state index in [1.54, 1.807) is 25.2 Å². The Bertz CT molecular complexity index is 490. The maximum atomic E-state index is 12.1. The molecule has 104 valence electrons. The van der Waals surface area contributed by atoms with E-state index in [0.29, 0.717) is 5.69 Å². The highest BCUT2D eigenvalue weighted by molar-refractivity contribution is 5.98. The summed E-state index contributed by atoms with van der Waals surface area (Å²) in [4.78, 5) is 27.2. The average Bonchev–Trinajstić information content (AvgIpc) is 2.97. The number of anilines is 1. The highest BCUT2D eigenvalue weighted by atomic mass is 16.2. The number of nitrogens with two attached hydrogens (primary N) is 1. The van der Waals surface area contributed by atoms with Crippen LogP contribution in [0.2, 0.25) is 0 Å². The third kappa shape index (κ3) is 2.86. The van der Waals surface area contributed by atoms with E-state index in [1.165, 1.54) is 9.58 Å². The van der Waals surface area contributed by atoms with Gasteiger partial charge in [-0.05, 0) is 12.8 Å². The second-order valence-electron chi connectivity index (χ2n) is 4.86. The number of nitrogens with zero attached hydrogens (tertiary/aromatic N) is 4. The molecule has 2 rings (SSSR count). The molecule has 0 spiro atoms. The lowest BCUT2D eigenvalue weighted by Crippen LogP contribution is -2.40. The van der Waals surface area contributed by atoms with Gasteiger partial charge in [-0.25, -0.2) is 0 Å². The number of likely N-dealkylation sites (tertiary alicyclic amines) is 1. The highest BCUT2D eigenvalue weighted by Crippen LogP contribution is 2.12. The molecule has 0 saturated carbocycles. The Morgan fingerprint density at radius 2 is 2.05 bits per heavy atom. The Hall–Kier alpha value is -2.05. The Morgan fingerprint density at radius 1 is 1.42 bits per heavy atom. The summed E-state index contributed by atoms with van der Waals surface area (Å²) in [5.41, 5.74) is 6.23. The van der Waals surface area contributed by atoms with Crippen LogP contribution in [0.1, 0.15) is 23.3 Å². The van der Waals surface area contributed by atoms with Gasteiger partial charge < -0.3 is 15.5 Å². The third-order valence-electron chi connectivity index (χ3n) is 3.24. The van der Waals surface area contributed by atoms with Gasteiger partial charge in [0.15, 0.2) is 5.69 Å². The van der Waals surface area contributed by atoms with E-state index < -0.39 is 0 Å². The quantitative estimate of drug-likeness (QED) is 0.813. The molecule has 1 aromatic heterocycles. The molecule has 1 saturated heterocycles. The molecule has 2 heterocycles. The number of aryl methyl sites for hydroxylation is 1. The Morgan fingerprint density at radius 3 is 2.58 bits per heavy atom. The predicted octanol–water partition coefficient (Wildman–Crippen LogP) is -0.303. The zero-order valence-corrected chi connectivity index (χ0v) is 11.3. The van der Waals surface area contributed by atoms with Crippen molar-refractivity contribution in [3.8, 4) is 0 Å². The molecular formula is C12H19N5O2. The molecule has 1 fully saturated rings. The van der Waals surface area contributed by atoms with Gasteiger partial charge in [-0.3, -0.25) is 14.3 Å². The van der Waals surface area contributed by atoms with Crippen LogP contribution in [-0.2, 0) is 11.8 Å². The SMILES string of the molecule is CN(CC(=O)N1CCCC1)C(=O)c1nn(C)cc1N. The summed E-state index contributed by atoms with van der Waals surface area (Å²) in [6.07, 6.45) is 3.65. The third-order valence-corrected chi connectivity index (χ3v) is 3.24. The lowest BCUT2D eigenvalue weighted by Gasteiger charge is -2.20. The van der Waals surface area contributed by atoms with Gasteiger partial charge in [-0.1, -0.05) is 0 Å². The summed E-state index contributed by atoms with van der Waals surface area (Å²) in [7, 11) is 3.28. The lowest BCUT2D eigenvalue weighted by molar-refractivity contribution is -0.130. The number of amides is 2. The second-order valence-corrected chi connectivity index (χ2v) is 4.86. The van der Waals surface area contributed by atoms with Crippen molar-refractivity contribution in [2.75, 3.05) is 32.4 Å². The summed E-state index contributed by atoms with van der Waals surface area (Å²) in [5, 5.41) is 4.01. The maximum Gasteiger partial charge on any atom is 0.276 e. The maximum absolute atomic E-state index is 12.1. The number of rotatable bonds is 3. The van der Waals surface area contributed by atoms with Crippen LogP contribution in [0.15, 0.2) is 6.20 Å². The summed E-state index contributed by atoms with van der Waals surface area (Å²) < 4.78 is 1.48. The van der Waals surface area contributed by atoms with E-state index in [1.807, 2.05) is 0 Å². The van der Waals surface area contributed by atoms with Gasteiger partial charge in [0.25, 0.3) is 5.91 Å². The molecule has 0 radical (unpaired) electrons. The van der Waals surface area contributed by atoms with Gasteiger partial charge in [0, 0.05) is 33.4 Å². The predicted molar refractivity (Wildman–Crippen MR) is 70.4 cm³/mol. The fraction of sp³-hybridized carbons (Fsp3) is 0.583. The van der Waals surface area contributed by atoms with Gasteiger partial charge in [-0.2, -0.15) is 5.10 Å². The first-order valence-electron chi connectivity index (χ1n) is 6.31. The summed E-state index contributed by atoms with van der Waals surface area (Å²) in [6.45, 7) is 1.63. The number of hydrogen-bond acceptors (Lipinski definition) is 4. The molecule has 1 aliphatic rings. The summed E-state index contributed by atoms with van der Waals surface area (Å²) >= 11 is 0. The molecule has 7 nitrogen and oxygen atoms in total. The summed E-state index contributed by atoms with van der Waals surface area (Å²) in [6, 6.07) is 0. The van der Waals surface area contributed by atoms with Crippen molar-refractivity contribution in [3.05, 3.63) is 11.9 Å². The molecule has 2 amide bonds. The smallest absolute Gasteiger partial charge is 0.276 e. The molecule has 0 atom stereocenters. The lowest BCUT2D eigenvalue weighted by atomic mass is 10.3. The largest absolute Gasteiger partial charge is 0.396 e. The molecule has 7 heteroatoms. The van der Waals surface area contributed by atoms with Crippen LogP contribution in [0, 0.1) is 0 Å². The Kier molecular flexibility index (Phi) is 3.73. The molecule has 0 aliphatic carbocycles. The number of likely N-dealkylation sites (N-methyl/N-ethyl adjacent to an activating group) is 1. The first-order valence-corrected chi connectivity index (χ1v) is 6.31. The van der Waals surface area contributed by atoms with Crippen molar-refractivity contribution in [2.45, 2.75) is 12.8 Å². The fourth-order valence-corrected chi connectivity index (χ4v) is 2.20. The van der Waals surface area contributed by atoms with Gasteiger partial charge in [0.1, 0.15) is 0 Å². The van der Waals surface area contributed by atoms with E-state index in [2.05, 4.69) is 5.10 Å². The zero-order chi connectivity index (χ0) is 14.0. The molecule has 1 aromatic rings. The minimum atomic E-state index is -0.328.